The first-order valence-corrected chi connectivity index (χ1v) is 12.3. The van der Waals surface area contributed by atoms with Crippen molar-refractivity contribution >= 4 is 34.2 Å². The fourth-order valence-corrected chi connectivity index (χ4v) is 6.35. The number of amides is 2. The summed E-state index contributed by atoms with van der Waals surface area (Å²) < 4.78 is 14.1. The zero-order valence-electron chi connectivity index (χ0n) is 18.4. The smallest absolute Gasteiger partial charge is 0.270 e. The summed E-state index contributed by atoms with van der Waals surface area (Å²) in [5, 5.41) is 3.55. The molecule has 2 aliphatic rings. The fraction of sp³-hybridized carbons (Fsp3) is 0.478. The highest BCUT2D eigenvalue weighted by Crippen LogP contribution is 2.46. The van der Waals surface area contributed by atoms with Crippen LogP contribution in [0.15, 0.2) is 36.4 Å². The Bertz CT molecular complexity index is 1060. The molecule has 4 rings (SSSR count). The largest absolute Gasteiger partial charge is 0.347 e. The van der Waals surface area contributed by atoms with Crippen molar-refractivity contribution in [1.82, 2.24) is 14.8 Å². The van der Waals surface area contributed by atoms with Gasteiger partial charge in [0.1, 0.15) is 11.4 Å². The Hall–Kier alpha value is -2.16. The van der Waals surface area contributed by atoms with E-state index in [4.69, 9.17) is 17.3 Å². The minimum absolute atomic E-state index is 0.123. The van der Waals surface area contributed by atoms with Gasteiger partial charge in [0.2, 0.25) is 0 Å². The lowest BCUT2D eigenvalue weighted by Gasteiger charge is -2.35. The number of carbonyl (C=O) groups is 2. The molecule has 3 N–H and O–H groups in total. The molecule has 1 aliphatic carbocycles. The molecule has 0 saturated heterocycles. The molecule has 1 atom stereocenters. The second kappa shape index (κ2) is 8.65. The molecule has 0 radical (unpaired) electrons. The van der Waals surface area contributed by atoms with Crippen LogP contribution in [0, 0.1) is 0 Å². The maximum atomic E-state index is 13.1. The Balaban J connectivity index is 1.43. The number of nitrogens with two attached hydrogens (primary N) is 1. The topological polar surface area (TPSA) is 97.4 Å². The number of fused-ring (bicyclic) bond motifs is 1. The average molecular weight is 477 g/mol. The quantitative estimate of drug-likeness (QED) is 0.611. The van der Waals surface area contributed by atoms with E-state index in [1.54, 1.807) is 33.7 Å². The maximum Gasteiger partial charge on any atom is 0.270 e. The van der Waals surface area contributed by atoms with Crippen LogP contribution in [0.25, 0.3) is 0 Å². The van der Waals surface area contributed by atoms with Crippen LogP contribution in [-0.4, -0.2) is 54.6 Å². The van der Waals surface area contributed by atoms with E-state index in [0.29, 0.717) is 49.1 Å². The predicted octanol–water partition coefficient (Wildman–Crippen LogP) is 2.55. The summed E-state index contributed by atoms with van der Waals surface area (Å²) in [7, 11) is -1.13. The summed E-state index contributed by atoms with van der Waals surface area (Å²) in [5.74, 6) is -0.348. The Labute approximate surface area is 195 Å². The van der Waals surface area contributed by atoms with Crippen molar-refractivity contribution < 1.29 is 13.8 Å². The van der Waals surface area contributed by atoms with Crippen LogP contribution >= 0.6 is 11.6 Å². The third-order valence-electron chi connectivity index (χ3n) is 6.35. The molecule has 1 saturated carbocycles. The second-order valence-electron chi connectivity index (χ2n) is 9.21. The van der Waals surface area contributed by atoms with E-state index >= 15 is 0 Å². The molecule has 1 aromatic heterocycles. The monoisotopic (exact) mass is 476 g/mol. The SMILES string of the molecule is CC(C)(CN)S(=O)C1(CN2CCn3c(C(=O)NCc4ccc(Cl)cc4)ccc3C2=O)CC1. The number of carbonyl (C=O) groups excluding carboxylic acids is 2. The van der Waals surface area contributed by atoms with Crippen molar-refractivity contribution in [2.75, 3.05) is 19.6 Å². The number of hydrogen-bond acceptors (Lipinski definition) is 4. The van der Waals surface area contributed by atoms with Crippen LogP contribution in [0.3, 0.4) is 0 Å². The first kappa shape index (κ1) is 23.0. The fourth-order valence-electron chi connectivity index (χ4n) is 4.15. The normalized spacial score (nSPS) is 18.2. The molecule has 2 aromatic rings. The van der Waals surface area contributed by atoms with Gasteiger partial charge in [0.25, 0.3) is 11.8 Å². The van der Waals surface area contributed by atoms with Gasteiger partial charge in [-0.15, -0.1) is 0 Å². The van der Waals surface area contributed by atoms with Gasteiger partial charge in [-0.3, -0.25) is 13.8 Å². The number of nitrogens with one attached hydrogen (secondary N) is 1. The first-order chi connectivity index (χ1) is 15.2. The van der Waals surface area contributed by atoms with Crippen LogP contribution in [0.1, 0.15) is 53.2 Å². The van der Waals surface area contributed by atoms with Crippen LogP contribution in [0.2, 0.25) is 5.02 Å². The number of halogens is 1. The number of rotatable bonds is 8. The van der Waals surface area contributed by atoms with Gasteiger partial charge in [0.05, 0.1) is 9.49 Å². The highest BCUT2D eigenvalue weighted by atomic mass is 35.5. The van der Waals surface area contributed by atoms with Crippen molar-refractivity contribution in [3.05, 3.63) is 58.4 Å². The van der Waals surface area contributed by atoms with E-state index in [0.717, 1.165) is 18.4 Å². The summed E-state index contributed by atoms with van der Waals surface area (Å²) in [6.45, 7) is 6.03. The lowest BCUT2D eigenvalue weighted by Crippen LogP contribution is -2.50. The van der Waals surface area contributed by atoms with Gasteiger partial charge in [-0.2, -0.15) is 0 Å². The van der Waals surface area contributed by atoms with Crippen LogP contribution in [0.5, 0.6) is 0 Å². The minimum atomic E-state index is -1.13. The van der Waals surface area contributed by atoms with Gasteiger partial charge in [0.15, 0.2) is 0 Å². The van der Waals surface area contributed by atoms with E-state index in [9.17, 15) is 13.8 Å². The van der Waals surface area contributed by atoms with Crippen molar-refractivity contribution in [2.24, 2.45) is 5.73 Å². The van der Waals surface area contributed by atoms with E-state index in [1.165, 1.54) is 0 Å². The number of benzene rings is 1. The van der Waals surface area contributed by atoms with Crippen molar-refractivity contribution in [3.8, 4) is 0 Å². The van der Waals surface area contributed by atoms with Crippen LogP contribution < -0.4 is 11.1 Å². The molecule has 1 aromatic carbocycles. The maximum absolute atomic E-state index is 13.1. The summed E-state index contributed by atoms with van der Waals surface area (Å²) in [4.78, 5) is 27.7. The number of hydrogen-bond donors (Lipinski definition) is 2. The molecule has 0 spiro atoms. The number of aromatic nitrogens is 1. The van der Waals surface area contributed by atoms with E-state index in [1.807, 2.05) is 26.0 Å². The third-order valence-corrected chi connectivity index (χ3v) is 9.10. The van der Waals surface area contributed by atoms with Gasteiger partial charge in [-0.25, -0.2) is 0 Å². The lowest BCUT2D eigenvalue weighted by molar-refractivity contribution is 0.0698. The average Bonchev–Trinajstić information content (AvgIpc) is 3.43. The highest BCUT2D eigenvalue weighted by Gasteiger charge is 2.54. The molecule has 2 heterocycles. The zero-order chi connectivity index (χ0) is 23.1. The summed E-state index contributed by atoms with van der Waals surface area (Å²) in [5.41, 5.74) is 7.74. The molecular weight excluding hydrogens is 448 g/mol. The lowest BCUT2D eigenvalue weighted by atomic mass is 10.2. The van der Waals surface area contributed by atoms with Gasteiger partial charge < -0.3 is 20.5 Å². The van der Waals surface area contributed by atoms with Crippen LogP contribution in [0.4, 0.5) is 0 Å². The Morgan fingerprint density at radius 1 is 1.19 bits per heavy atom. The van der Waals surface area contributed by atoms with Gasteiger partial charge >= 0.3 is 0 Å². The molecule has 172 valence electrons. The molecule has 0 bridgehead atoms. The molecule has 7 nitrogen and oxygen atoms in total. The zero-order valence-corrected chi connectivity index (χ0v) is 20.0. The standard InChI is InChI=1S/C23H29ClN4O3S/c1-22(2,14-25)32(31)23(9-10-23)15-27-11-12-28-18(7-8-19(28)21(27)30)20(29)26-13-16-3-5-17(24)6-4-16/h3-8H,9-15,25H2,1-2H3,(H,26,29). The number of nitrogens with zero attached hydrogens (tertiary/aromatic N) is 2. The summed E-state index contributed by atoms with van der Waals surface area (Å²) in [6, 6.07) is 10.7. The summed E-state index contributed by atoms with van der Waals surface area (Å²) >= 11 is 5.90. The Morgan fingerprint density at radius 3 is 2.50 bits per heavy atom. The molecule has 32 heavy (non-hydrogen) atoms. The summed E-state index contributed by atoms with van der Waals surface area (Å²) in [6.07, 6.45) is 1.68. The highest BCUT2D eigenvalue weighted by molar-refractivity contribution is 7.88. The second-order valence-corrected chi connectivity index (χ2v) is 12.2. The van der Waals surface area contributed by atoms with E-state index in [2.05, 4.69) is 5.32 Å². The molecule has 9 heteroatoms. The molecule has 2 amide bonds. The van der Waals surface area contributed by atoms with Crippen LogP contribution in [-0.2, 0) is 23.9 Å². The minimum Gasteiger partial charge on any atom is -0.347 e. The van der Waals surface area contributed by atoms with Gasteiger partial charge in [-0.1, -0.05) is 23.7 Å². The molecular formula is C23H29ClN4O3S. The molecule has 1 aliphatic heterocycles. The van der Waals surface area contributed by atoms with Gasteiger partial charge in [-0.05, 0) is 56.5 Å². The predicted molar refractivity (Wildman–Crippen MR) is 126 cm³/mol. The molecule has 1 unspecified atom stereocenters. The Morgan fingerprint density at radius 2 is 1.88 bits per heavy atom. The first-order valence-electron chi connectivity index (χ1n) is 10.8. The third kappa shape index (κ3) is 4.36. The van der Waals surface area contributed by atoms with Crippen molar-refractivity contribution in [3.63, 3.8) is 0 Å². The van der Waals surface area contributed by atoms with Crippen molar-refractivity contribution in [1.29, 1.82) is 0 Å². The van der Waals surface area contributed by atoms with Gasteiger partial charge in [0, 0.05) is 48.5 Å². The Kier molecular flexibility index (Phi) is 6.22. The van der Waals surface area contributed by atoms with Crippen molar-refractivity contribution in [2.45, 2.75) is 49.3 Å². The van der Waals surface area contributed by atoms with E-state index in [-0.39, 0.29) is 16.6 Å². The molecule has 1 fully saturated rings. The van der Waals surface area contributed by atoms with E-state index < -0.39 is 15.5 Å².